The van der Waals surface area contributed by atoms with Gasteiger partial charge in [-0.1, -0.05) is 76.6 Å². The summed E-state index contributed by atoms with van der Waals surface area (Å²) in [6.45, 7) is 0. The lowest BCUT2D eigenvalue weighted by Crippen LogP contribution is -2.30. The molecule has 2 aliphatic carbocycles. The Morgan fingerprint density at radius 2 is 1.21 bits per heavy atom. The normalized spacial score (nSPS) is 27.9. The van der Waals surface area contributed by atoms with E-state index in [4.69, 9.17) is 0 Å². The number of alkyl halides is 1. The summed E-state index contributed by atoms with van der Waals surface area (Å²) in [5, 5.41) is 0. The third kappa shape index (κ3) is 1.81. The molecule has 0 N–H and O–H groups in total. The predicted molar refractivity (Wildman–Crippen MR) is 104 cm³/mol. The van der Waals surface area contributed by atoms with Crippen LogP contribution in [0.15, 0.2) is 69.6 Å². The third-order valence-corrected chi connectivity index (χ3v) is 8.50. The molecule has 120 valence electrons. The number of hydrogen-bond donors (Lipinski definition) is 0. The number of carbonyl (C=O) groups excluding carboxylic acids is 2. The van der Waals surface area contributed by atoms with Crippen molar-refractivity contribution in [2.24, 2.45) is 5.92 Å². The number of rotatable bonds is 2. The minimum atomic E-state index is -0.962. The second kappa shape index (κ2) is 5.48. The summed E-state index contributed by atoms with van der Waals surface area (Å²) in [5.41, 5.74) is 1.21. The van der Waals surface area contributed by atoms with Gasteiger partial charge in [-0.05, 0) is 43.0 Å². The molecule has 4 rings (SSSR count). The number of fused-ring (bicyclic) bond motifs is 1. The Bertz CT molecular complexity index is 850. The standard InChI is InChI=1S/C19H11Br3O2/c20-13-14(21)17(24)19(22)16(15(13)23)18(19,11-7-3-1-4-8-11)12-9-5-2-6-10-12/h1-10,16H. The molecule has 5 heteroatoms. The van der Waals surface area contributed by atoms with Crippen molar-refractivity contribution in [1.29, 1.82) is 0 Å². The van der Waals surface area contributed by atoms with Crippen molar-refractivity contribution in [2.45, 2.75) is 9.74 Å². The SMILES string of the molecule is O=C1C(Br)=C(Br)C(=O)C2(Br)C1C2(c1ccccc1)c1ccccc1. The molecule has 24 heavy (non-hydrogen) atoms. The molecule has 0 heterocycles. The van der Waals surface area contributed by atoms with E-state index in [9.17, 15) is 9.59 Å². The van der Waals surface area contributed by atoms with E-state index < -0.39 is 15.7 Å². The van der Waals surface area contributed by atoms with Crippen molar-refractivity contribution < 1.29 is 9.59 Å². The molecule has 2 aromatic carbocycles. The highest BCUT2D eigenvalue weighted by Crippen LogP contribution is 2.75. The fourth-order valence-electron chi connectivity index (χ4n) is 3.94. The minimum absolute atomic E-state index is 0.0638. The molecule has 0 amide bonds. The molecule has 0 bridgehead atoms. The first-order chi connectivity index (χ1) is 11.5. The molecule has 2 atom stereocenters. The average molecular weight is 511 g/mol. The van der Waals surface area contributed by atoms with E-state index in [-0.39, 0.29) is 11.6 Å². The Kier molecular flexibility index (Phi) is 3.75. The van der Waals surface area contributed by atoms with Crippen LogP contribution in [0, 0.1) is 5.92 Å². The highest BCUT2D eigenvalue weighted by atomic mass is 79.9. The van der Waals surface area contributed by atoms with Crippen LogP contribution >= 0.6 is 47.8 Å². The molecule has 2 unspecified atom stereocenters. The van der Waals surface area contributed by atoms with Crippen LogP contribution in [-0.2, 0) is 15.0 Å². The van der Waals surface area contributed by atoms with E-state index in [0.29, 0.717) is 8.96 Å². The number of allylic oxidation sites excluding steroid dienone is 2. The molecular weight excluding hydrogens is 500 g/mol. The van der Waals surface area contributed by atoms with E-state index in [2.05, 4.69) is 47.8 Å². The zero-order valence-electron chi connectivity index (χ0n) is 12.3. The lowest BCUT2D eigenvalue weighted by atomic mass is 9.83. The zero-order valence-corrected chi connectivity index (χ0v) is 17.1. The van der Waals surface area contributed by atoms with Crippen molar-refractivity contribution >= 4 is 59.4 Å². The molecule has 0 spiro atoms. The molecule has 0 saturated heterocycles. The summed E-state index contributed by atoms with van der Waals surface area (Å²) in [7, 11) is 0. The van der Waals surface area contributed by atoms with Gasteiger partial charge in [0.05, 0.1) is 20.3 Å². The smallest absolute Gasteiger partial charge is 0.189 e. The maximum atomic E-state index is 13.1. The van der Waals surface area contributed by atoms with Crippen LogP contribution in [-0.4, -0.2) is 15.9 Å². The number of halogens is 3. The number of hydrogen-bond acceptors (Lipinski definition) is 2. The summed E-state index contributed by atoms with van der Waals surface area (Å²) in [6.07, 6.45) is 0. The van der Waals surface area contributed by atoms with Crippen LogP contribution in [0.2, 0.25) is 0 Å². The van der Waals surface area contributed by atoms with Crippen LogP contribution in [0.3, 0.4) is 0 Å². The van der Waals surface area contributed by atoms with Crippen molar-refractivity contribution in [3.8, 4) is 0 Å². The number of benzene rings is 2. The Morgan fingerprint density at radius 3 is 1.67 bits per heavy atom. The molecular formula is C19H11Br3O2. The van der Waals surface area contributed by atoms with Gasteiger partial charge in [-0.15, -0.1) is 0 Å². The van der Waals surface area contributed by atoms with Gasteiger partial charge in [0, 0.05) is 0 Å². The number of carbonyl (C=O) groups is 2. The van der Waals surface area contributed by atoms with Gasteiger partial charge in [0.25, 0.3) is 0 Å². The third-order valence-electron chi connectivity index (χ3n) is 4.98. The van der Waals surface area contributed by atoms with E-state index in [1.54, 1.807) is 0 Å². The Hall–Kier alpha value is -1.04. The van der Waals surface area contributed by atoms with Gasteiger partial charge in [-0.2, -0.15) is 0 Å². The largest absolute Gasteiger partial charge is 0.293 e. The van der Waals surface area contributed by atoms with Crippen LogP contribution in [0.5, 0.6) is 0 Å². The molecule has 0 radical (unpaired) electrons. The van der Waals surface area contributed by atoms with Gasteiger partial charge in [0.2, 0.25) is 0 Å². The van der Waals surface area contributed by atoms with Crippen LogP contribution in [0.1, 0.15) is 11.1 Å². The van der Waals surface area contributed by atoms with E-state index in [0.717, 1.165) is 11.1 Å². The fourth-order valence-corrected chi connectivity index (χ4v) is 6.45. The van der Waals surface area contributed by atoms with Gasteiger partial charge >= 0.3 is 0 Å². The fraction of sp³-hybridized carbons (Fsp3) is 0.158. The maximum absolute atomic E-state index is 13.1. The van der Waals surface area contributed by atoms with E-state index >= 15 is 0 Å². The Balaban J connectivity index is 2.03. The van der Waals surface area contributed by atoms with Crippen molar-refractivity contribution in [1.82, 2.24) is 0 Å². The van der Waals surface area contributed by atoms with Crippen molar-refractivity contribution in [2.75, 3.05) is 0 Å². The van der Waals surface area contributed by atoms with Crippen LogP contribution in [0.25, 0.3) is 0 Å². The zero-order chi connectivity index (χ0) is 17.1. The molecule has 1 fully saturated rings. The first-order valence-electron chi connectivity index (χ1n) is 7.41. The quantitative estimate of drug-likeness (QED) is 0.539. The molecule has 1 saturated carbocycles. The summed E-state index contributed by atoms with van der Waals surface area (Å²) in [5.74, 6) is -0.643. The lowest BCUT2D eigenvalue weighted by molar-refractivity contribution is -0.121. The predicted octanol–water partition coefficient (Wildman–Crippen LogP) is 4.89. The van der Waals surface area contributed by atoms with Crippen molar-refractivity contribution in [3.05, 3.63) is 80.8 Å². The summed E-state index contributed by atoms with van der Waals surface area (Å²) in [6, 6.07) is 19.5. The van der Waals surface area contributed by atoms with Crippen molar-refractivity contribution in [3.63, 3.8) is 0 Å². The average Bonchev–Trinajstić information content (AvgIpc) is 3.22. The second-order valence-electron chi connectivity index (χ2n) is 6.01. The topological polar surface area (TPSA) is 34.1 Å². The molecule has 2 aliphatic rings. The van der Waals surface area contributed by atoms with Gasteiger partial charge in [-0.3, -0.25) is 9.59 Å². The molecule has 0 aliphatic heterocycles. The van der Waals surface area contributed by atoms with Gasteiger partial charge in [0.1, 0.15) is 4.32 Å². The van der Waals surface area contributed by atoms with Gasteiger partial charge in [-0.25, -0.2) is 0 Å². The molecule has 2 aromatic rings. The number of Topliss-reactive ketones (excluding diaryl/α,β-unsaturated/α-hetero) is 2. The lowest BCUT2D eigenvalue weighted by Gasteiger charge is -2.22. The monoisotopic (exact) mass is 508 g/mol. The van der Waals surface area contributed by atoms with Crippen LogP contribution < -0.4 is 0 Å². The highest BCUT2D eigenvalue weighted by Gasteiger charge is 2.84. The van der Waals surface area contributed by atoms with E-state index in [1.807, 2.05) is 60.7 Å². The summed E-state index contributed by atoms with van der Waals surface area (Å²) in [4.78, 5) is 26.0. The minimum Gasteiger partial charge on any atom is -0.293 e. The Morgan fingerprint density at radius 1 is 0.750 bits per heavy atom. The molecule has 0 aromatic heterocycles. The van der Waals surface area contributed by atoms with Crippen LogP contribution in [0.4, 0.5) is 0 Å². The van der Waals surface area contributed by atoms with E-state index in [1.165, 1.54) is 0 Å². The first kappa shape index (κ1) is 16.4. The summed E-state index contributed by atoms with van der Waals surface area (Å²) < 4.78 is -0.341. The van der Waals surface area contributed by atoms with Gasteiger partial charge in [0.15, 0.2) is 11.6 Å². The highest BCUT2D eigenvalue weighted by molar-refractivity contribution is 9.15. The second-order valence-corrected chi connectivity index (χ2v) is 8.84. The van der Waals surface area contributed by atoms with Gasteiger partial charge < -0.3 is 0 Å². The number of ketones is 2. The summed E-state index contributed by atoms with van der Waals surface area (Å²) >= 11 is 10.3. The maximum Gasteiger partial charge on any atom is 0.189 e. The Labute approximate surface area is 164 Å². The molecule has 2 nitrogen and oxygen atoms in total. The first-order valence-corrected chi connectivity index (χ1v) is 9.79.